The van der Waals surface area contributed by atoms with E-state index in [0.717, 1.165) is 53.7 Å². The van der Waals surface area contributed by atoms with Gasteiger partial charge in [-0.1, -0.05) is 47.6 Å². The molecule has 2 fully saturated rings. The first kappa shape index (κ1) is 36.9. The lowest BCUT2D eigenvalue weighted by atomic mass is 10.0. The van der Waals surface area contributed by atoms with Crippen molar-refractivity contribution in [2.24, 2.45) is 29.2 Å². The van der Waals surface area contributed by atoms with E-state index in [1.165, 1.54) is 0 Å². The minimum Gasteiger partial charge on any atom is -0.469 e. The van der Waals surface area contributed by atoms with Crippen molar-refractivity contribution < 1.29 is 18.7 Å². The molecule has 0 radical (unpaired) electrons. The van der Waals surface area contributed by atoms with E-state index in [1.54, 1.807) is 12.4 Å². The number of hydrogen-bond acceptors (Lipinski definition) is 7. The molecule has 2 saturated heterocycles. The molecule has 0 aliphatic carbocycles. The van der Waals surface area contributed by atoms with Crippen LogP contribution in [0.1, 0.15) is 96.9 Å². The maximum atomic E-state index is 16.8. The Bertz CT molecular complexity index is 2250. The maximum Gasteiger partial charge on any atom is 0.240 e. The number of nitrogens with two attached hydrogens (primary N) is 2. The van der Waals surface area contributed by atoms with E-state index in [9.17, 15) is 9.59 Å². The van der Waals surface area contributed by atoms with Crippen LogP contribution in [0.25, 0.3) is 44.9 Å². The molecule has 12 nitrogen and oxygen atoms in total. The fourth-order valence-corrected chi connectivity index (χ4v) is 8.48. The van der Waals surface area contributed by atoms with Crippen LogP contribution in [-0.4, -0.2) is 71.3 Å². The molecule has 0 bridgehead atoms. The highest BCUT2D eigenvalue weighted by molar-refractivity contribution is 5.93. The molecule has 3 aromatic heterocycles. The molecule has 6 N–H and O–H groups in total. The van der Waals surface area contributed by atoms with Crippen molar-refractivity contribution >= 4 is 22.7 Å². The van der Waals surface area contributed by atoms with Crippen molar-refractivity contribution in [1.29, 1.82) is 0 Å². The average Bonchev–Trinajstić information content (AvgIpc) is 4.02. The normalized spacial score (nSPS) is 20.8. The molecular weight excluding hydrogens is 698 g/mol. The number of H-pyrrole nitrogens is 2. The lowest BCUT2D eigenvalue weighted by Gasteiger charge is -2.32. The molecule has 3 aliphatic rings. The molecule has 3 aliphatic heterocycles. The molecule has 13 heteroatoms. The van der Waals surface area contributed by atoms with Crippen LogP contribution in [-0.2, 0) is 9.59 Å². The van der Waals surface area contributed by atoms with Gasteiger partial charge in [0.2, 0.25) is 11.8 Å². The summed E-state index contributed by atoms with van der Waals surface area (Å²) in [5.74, 6) is 1.55. The van der Waals surface area contributed by atoms with Crippen LogP contribution >= 0.6 is 0 Å². The van der Waals surface area contributed by atoms with Crippen LogP contribution in [0, 0.1) is 23.6 Å². The molecule has 2 aromatic carbocycles. The van der Waals surface area contributed by atoms with Crippen LogP contribution in [0.5, 0.6) is 5.75 Å². The van der Waals surface area contributed by atoms with E-state index in [4.69, 9.17) is 21.2 Å². The van der Waals surface area contributed by atoms with Crippen LogP contribution in [0.4, 0.5) is 4.39 Å². The van der Waals surface area contributed by atoms with Crippen LogP contribution in [0.3, 0.4) is 0 Å². The van der Waals surface area contributed by atoms with E-state index in [2.05, 4.69) is 28.8 Å². The van der Waals surface area contributed by atoms with Gasteiger partial charge in [-0.05, 0) is 67.9 Å². The Morgan fingerprint density at radius 3 is 1.85 bits per heavy atom. The summed E-state index contributed by atoms with van der Waals surface area (Å²) < 4.78 is 25.5. The van der Waals surface area contributed by atoms with E-state index in [-0.39, 0.29) is 47.5 Å². The topological polar surface area (TPSA) is 164 Å². The Balaban J connectivity index is 1.10. The summed E-state index contributed by atoms with van der Waals surface area (Å²) in [4.78, 5) is 46.4. The van der Waals surface area contributed by atoms with Gasteiger partial charge in [-0.2, -0.15) is 0 Å². The number of halogens is 1. The number of aromatic amines is 2. The zero-order valence-electron chi connectivity index (χ0n) is 32.5. The minimum atomic E-state index is -0.552. The third kappa shape index (κ3) is 6.30. The van der Waals surface area contributed by atoms with Gasteiger partial charge >= 0.3 is 0 Å². The highest BCUT2D eigenvalue weighted by Gasteiger charge is 2.37. The fraction of sp³-hybridized carbons (Fsp3) is 0.476. The molecule has 55 heavy (non-hydrogen) atoms. The SMILES string of the molecule is CC(C)C1Oc2cc(-c3ncc([C@@H]4CCCN4C(=O)[C@@H](N)C(C)C)[nH]3)ccc2-c2c(F)c3cc(-c4ncc([C@@H]5CCCN5C(=O)[C@@H](N)C(C)C)[nH]4)ccc3n21. The first-order valence-electron chi connectivity index (χ1n) is 19.7. The molecule has 290 valence electrons. The second-order valence-electron chi connectivity index (χ2n) is 16.5. The number of rotatable bonds is 9. The standard InChI is InChI=1S/C42H52FN9O3/c1-21(2)35(44)40(53)50-15-7-9-31(50)28-19-46-38(48-28)24-12-14-30-27(17-24)34(43)37-26-13-11-25(18-33(26)55-42(23(5)6)52(30)37)39-47-20-29(49-39)32-10-8-16-51(32)41(54)36(45)22(3)4/h11-14,17-23,31-32,35-36,42H,7-10,15-16,44-45H2,1-6H3,(H,46,48)(H,47,49)/t31-,32-,35-,36-,42?/m0/s1. The third-order valence-electron chi connectivity index (χ3n) is 11.8. The second-order valence-corrected chi connectivity index (χ2v) is 16.5. The summed E-state index contributed by atoms with van der Waals surface area (Å²) in [6.07, 6.45) is 6.58. The highest BCUT2D eigenvalue weighted by Crippen LogP contribution is 2.48. The molecule has 8 rings (SSSR count). The quantitative estimate of drug-likeness (QED) is 0.125. The molecule has 1 unspecified atom stereocenters. The molecule has 5 aromatic rings. The van der Waals surface area contributed by atoms with Crippen molar-refractivity contribution in [3.05, 3.63) is 66.0 Å². The van der Waals surface area contributed by atoms with Gasteiger partial charge in [0.15, 0.2) is 12.0 Å². The van der Waals surface area contributed by atoms with Gasteiger partial charge in [-0.15, -0.1) is 0 Å². The van der Waals surface area contributed by atoms with Gasteiger partial charge in [0.25, 0.3) is 0 Å². The maximum absolute atomic E-state index is 16.8. The van der Waals surface area contributed by atoms with E-state index >= 15 is 4.39 Å². The summed E-state index contributed by atoms with van der Waals surface area (Å²) in [5, 5.41) is 0.473. The van der Waals surface area contributed by atoms with Crippen LogP contribution in [0.15, 0.2) is 48.8 Å². The monoisotopic (exact) mass is 749 g/mol. The van der Waals surface area contributed by atoms with E-state index in [0.29, 0.717) is 47.1 Å². The van der Waals surface area contributed by atoms with Gasteiger partial charge in [0.1, 0.15) is 17.4 Å². The van der Waals surface area contributed by atoms with Crippen molar-refractivity contribution in [3.63, 3.8) is 0 Å². The number of likely N-dealkylation sites (tertiary alicyclic amines) is 2. The molecule has 2 amide bonds. The van der Waals surface area contributed by atoms with Gasteiger partial charge in [-0.25, -0.2) is 14.4 Å². The van der Waals surface area contributed by atoms with E-state index in [1.807, 2.05) is 78.5 Å². The lowest BCUT2D eigenvalue weighted by molar-refractivity contribution is -0.135. The van der Waals surface area contributed by atoms with Gasteiger partial charge in [0, 0.05) is 41.1 Å². The van der Waals surface area contributed by atoms with Crippen molar-refractivity contribution in [2.75, 3.05) is 13.1 Å². The number of benzene rings is 2. The number of fused-ring (bicyclic) bond motifs is 5. The summed E-state index contributed by atoms with van der Waals surface area (Å²) in [6, 6.07) is 10.1. The van der Waals surface area contributed by atoms with Crippen LogP contribution in [0.2, 0.25) is 0 Å². The zero-order chi connectivity index (χ0) is 38.9. The van der Waals surface area contributed by atoms with Crippen molar-refractivity contribution in [1.82, 2.24) is 34.3 Å². The average molecular weight is 750 g/mol. The van der Waals surface area contributed by atoms with Gasteiger partial charge in [0.05, 0.1) is 59.2 Å². The lowest BCUT2D eigenvalue weighted by Crippen LogP contribution is -2.46. The van der Waals surface area contributed by atoms with Gasteiger partial charge < -0.3 is 40.5 Å². The Morgan fingerprint density at radius 2 is 1.33 bits per heavy atom. The third-order valence-corrected chi connectivity index (χ3v) is 11.8. The Hall–Kier alpha value is -5.01. The number of nitrogens with zero attached hydrogens (tertiary/aromatic N) is 5. The number of amides is 2. The largest absolute Gasteiger partial charge is 0.469 e. The summed E-state index contributed by atoms with van der Waals surface area (Å²) in [6.45, 7) is 13.3. The predicted octanol–water partition coefficient (Wildman–Crippen LogP) is 7.07. The number of hydrogen-bond donors (Lipinski definition) is 4. The Labute approximate surface area is 320 Å². The van der Waals surface area contributed by atoms with Crippen molar-refractivity contribution in [2.45, 2.75) is 97.6 Å². The molecule has 5 atom stereocenters. The van der Waals surface area contributed by atoms with Crippen molar-refractivity contribution in [3.8, 4) is 39.8 Å². The second kappa shape index (κ2) is 14.2. The molecule has 0 spiro atoms. The number of aromatic nitrogens is 5. The highest BCUT2D eigenvalue weighted by atomic mass is 19.1. The van der Waals surface area contributed by atoms with E-state index < -0.39 is 18.3 Å². The predicted molar refractivity (Wildman–Crippen MR) is 210 cm³/mol. The summed E-state index contributed by atoms with van der Waals surface area (Å²) in [5.41, 5.74) is 17.6. The number of carbonyl (C=O) groups is 2. The molecule has 6 heterocycles. The van der Waals surface area contributed by atoms with Crippen LogP contribution < -0.4 is 16.2 Å². The molecule has 0 saturated carbocycles. The molecular formula is C42H52FN9O3. The fourth-order valence-electron chi connectivity index (χ4n) is 8.48. The smallest absolute Gasteiger partial charge is 0.240 e. The Kier molecular flexibility index (Phi) is 9.57. The number of nitrogens with one attached hydrogen (secondary N) is 2. The first-order valence-corrected chi connectivity index (χ1v) is 19.7. The summed E-state index contributed by atoms with van der Waals surface area (Å²) >= 11 is 0. The zero-order valence-corrected chi connectivity index (χ0v) is 32.5. The first-order chi connectivity index (χ1) is 26.3. The minimum absolute atomic E-state index is 0.0251. The number of imidazole rings is 2. The summed E-state index contributed by atoms with van der Waals surface area (Å²) in [7, 11) is 0. The number of carbonyl (C=O) groups excluding carboxylic acids is 2. The van der Waals surface area contributed by atoms with Gasteiger partial charge in [-0.3, -0.25) is 9.59 Å². The Morgan fingerprint density at radius 1 is 0.800 bits per heavy atom. The number of ether oxygens (including phenoxy) is 1.